The number of ether oxygens (including phenoxy) is 3. The molecule has 0 aliphatic carbocycles. The Morgan fingerprint density at radius 2 is 1.87 bits per heavy atom. The van der Waals surface area contributed by atoms with Crippen molar-refractivity contribution in [2.75, 3.05) is 46.7 Å². The molecule has 0 aromatic heterocycles. The Hall–Kier alpha value is -3.30. The Morgan fingerprint density at radius 3 is 2.62 bits per heavy atom. The summed E-state index contributed by atoms with van der Waals surface area (Å²) in [6, 6.07) is 13.0. The minimum absolute atomic E-state index is 0.0223. The van der Waals surface area contributed by atoms with Crippen LogP contribution in [0.5, 0.6) is 17.2 Å². The van der Waals surface area contributed by atoms with E-state index in [0.29, 0.717) is 50.4 Å². The highest BCUT2D eigenvalue weighted by Crippen LogP contribution is 2.43. The van der Waals surface area contributed by atoms with Crippen LogP contribution in [-0.2, 0) is 16.0 Å². The number of nitrogens with zero attached hydrogens (tertiary/aromatic N) is 2. The number of fused-ring (bicyclic) bond motifs is 1. The summed E-state index contributed by atoms with van der Waals surface area (Å²) in [6.45, 7) is 3.95. The average molecular weight is 541 g/mol. The number of aliphatic carboxylic acids is 1. The Labute approximate surface area is 230 Å². The lowest BCUT2D eigenvalue weighted by molar-refractivity contribution is -0.143. The van der Waals surface area contributed by atoms with Crippen molar-refractivity contribution in [3.05, 3.63) is 53.6 Å². The number of aliphatic hydroxyl groups is 1. The predicted octanol–water partition coefficient (Wildman–Crippen LogP) is 3.54. The van der Waals surface area contributed by atoms with E-state index < -0.39 is 11.9 Å². The molecule has 1 unspecified atom stereocenters. The Bertz CT molecular complexity index is 1120. The molecule has 0 spiro atoms. The standard InChI is InChI=1S/C30H40N2O7/c1-3-4-14-31(15-7-16-33)28(34)19-32-18-23(22-11-13-26-27(17-22)39-20-38-26)29(30(35)36)24(32)12-10-21-8-5-6-9-25(21)37-2/h5-6,8-9,11,13,17,23-24,29,33H,3-4,7,10,12,14-16,18-20H2,1-2H3,(H,35,36)/t23-,24+,29?/m1/s1. The fourth-order valence-corrected chi connectivity index (χ4v) is 5.79. The van der Waals surface area contributed by atoms with Gasteiger partial charge in [0, 0.05) is 38.2 Å². The van der Waals surface area contributed by atoms with Crippen molar-refractivity contribution in [1.82, 2.24) is 9.80 Å². The van der Waals surface area contributed by atoms with Crippen LogP contribution < -0.4 is 14.2 Å². The van der Waals surface area contributed by atoms with Gasteiger partial charge in [0.25, 0.3) is 0 Å². The Kier molecular flexibility index (Phi) is 10.1. The number of carboxylic acid groups (broad SMARTS) is 1. The van der Waals surface area contributed by atoms with Gasteiger partial charge in [-0.25, -0.2) is 0 Å². The summed E-state index contributed by atoms with van der Waals surface area (Å²) in [5.41, 5.74) is 1.88. The zero-order valence-corrected chi connectivity index (χ0v) is 22.9. The van der Waals surface area contributed by atoms with Gasteiger partial charge in [0.1, 0.15) is 5.75 Å². The second-order valence-corrected chi connectivity index (χ2v) is 10.2. The quantitative estimate of drug-likeness (QED) is 0.375. The lowest BCUT2D eigenvalue weighted by atomic mass is 9.83. The molecule has 4 rings (SSSR count). The minimum atomic E-state index is -0.874. The number of benzene rings is 2. The maximum absolute atomic E-state index is 13.5. The summed E-state index contributed by atoms with van der Waals surface area (Å²) in [7, 11) is 1.63. The van der Waals surface area contributed by atoms with Crippen LogP contribution in [0.15, 0.2) is 42.5 Å². The number of carbonyl (C=O) groups excluding carboxylic acids is 1. The van der Waals surface area contributed by atoms with Crippen molar-refractivity contribution in [2.45, 2.75) is 51.0 Å². The number of amides is 1. The number of likely N-dealkylation sites (tertiary alicyclic amines) is 1. The number of para-hydroxylation sites is 1. The number of carboxylic acids is 1. The molecule has 2 aliphatic rings. The fraction of sp³-hybridized carbons (Fsp3) is 0.533. The van der Waals surface area contributed by atoms with E-state index >= 15 is 0 Å². The topological polar surface area (TPSA) is 109 Å². The van der Waals surface area contributed by atoms with Crippen molar-refractivity contribution in [1.29, 1.82) is 0 Å². The van der Waals surface area contributed by atoms with Gasteiger partial charge in [0.2, 0.25) is 12.7 Å². The third kappa shape index (κ3) is 6.83. The van der Waals surface area contributed by atoms with Crippen LogP contribution in [-0.4, -0.2) is 84.6 Å². The predicted molar refractivity (Wildman–Crippen MR) is 146 cm³/mol. The summed E-state index contributed by atoms with van der Waals surface area (Å²) in [5, 5.41) is 19.8. The van der Waals surface area contributed by atoms with Gasteiger partial charge >= 0.3 is 5.97 Å². The molecule has 9 nitrogen and oxygen atoms in total. The van der Waals surface area contributed by atoms with E-state index in [0.717, 1.165) is 29.7 Å². The highest BCUT2D eigenvalue weighted by Gasteiger charge is 2.47. The average Bonchev–Trinajstić information content (AvgIpc) is 3.56. The molecule has 1 fully saturated rings. The van der Waals surface area contributed by atoms with Crippen LogP contribution in [0.25, 0.3) is 0 Å². The molecule has 9 heteroatoms. The van der Waals surface area contributed by atoms with Crippen molar-refractivity contribution in [3.63, 3.8) is 0 Å². The van der Waals surface area contributed by atoms with E-state index in [-0.39, 0.29) is 37.8 Å². The molecule has 39 heavy (non-hydrogen) atoms. The molecular formula is C30H40N2O7. The number of aliphatic hydroxyl groups excluding tert-OH is 1. The number of unbranched alkanes of at least 4 members (excludes halogenated alkanes) is 1. The molecule has 2 aromatic rings. The van der Waals surface area contributed by atoms with Gasteiger partial charge in [-0.1, -0.05) is 37.6 Å². The lowest BCUT2D eigenvalue weighted by Crippen LogP contribution is -2.45. The van der Waals surface area contributed by atoms with Gasteiger partial charge in [-0.2, -0.15) is 0 Å². The molecule has 2 N–H and O–H groups in total. The van der Waals surface area contributed by atoms with Crippen LogP contribution in [0.3, 0.4) is 0 Å². The molecule has 0 bridgehead atoms. The number of aryl methyl sites for hydroxylation is 1. The van der Waals surface area contributed by atoms with Gasteiger partial charge in [-0.05, 0) is 55.0 Å². The maximum atomic E-state index is 13.5. The molecule has 2 aromatic carbocycles. The van der Waals surface area contributed by atoms with E-state index in [2.05, 4.69) is 6.92 Å². The number of rotatable bonds is 14. The first kappa shape index (κ1) is 28.7. The molecule has 212 valence electrons. The first-order valence-electron chi connectivity index (χ1n) is 13.8. The van der Waals surface area contributed by atoms with E-state index in [1.54, 1.807) is 12.0 Å². The second kappa shape index (κ2) is 13.7. The van der Waals surface area contributed by atoms with Crippen molar-refractivity contribution >= 4 is 11.9 Å². The van der Waals surface area contributed by atoms with Gasteiger partial charge in [-0.15, -0.1) is 0 Å². The van der Waals surface area contributed by atoms with Gasteiger partial charge in [-0.3, -0.25) is 14.5 Å². The molecule has 2 aliphatic heterocycles. The number of carbonyl (C=O) groups is 2. The minimum Gasteiger partial charge on any atom is -0.496 e. The number of methoxy groups -OCH3 is 1. The SMILES string of the molecule is CCCCN(CCCO)C(=O)CN1C[C@H](c2ccc3c(c2)OCO3)C(C(=O)O)[C@@H]1CCc1ccccc1OC. The lowest BCUT2D eigenvalue weighted by Gasteiger charge is -2.30. The molecule has 3 atom stereocenters. The molecule has 0 radical (unpaired) electrons. The Balaban J connectivity index is 1.61. The van der Waals surface area contributed by atoms with Crippen LogP contribution in [0.2, 0.25) is 0 Å². The third-order valence-electron chi connectivity index (χ3n) is 7.82. The monoisotopic (exact) mass is 540 g/mol. The molecule has 1 amide bonds. The van der Waals surface area contributed by atoms with E-state index in [1.807, 2.05) is 47.4 Å². The van der Waals surface area contributed by atoms with Gasteiger partial charge in [0.05, 0.1) is 19.6 Å². The smallest absolute Gasteiger partial charge is 0.308 e. The third-order valence-corrected chi connectivity index (χ3v) is 7.82. The maximum Gasteiger partial charge on any atom is 0.308 e. The molecule has 0 saturated carbocycles. The van der Waals surface area contributed by atoms with Crippen LogP contribution >= 0.6 is 0 Å². The number of hydrogen-bond donors (Lipinski definition) is 2. The first-order valence-corrected chi connectivity index (χ1v) is 13.8. The highest BCUT2D eigenvalue weighted by atomic mass is 16.7. The normalized spacial score (nSPS) is 20.2. The van der Waals surface area contributed by atoms with Crippen molar-refractivity contribution in [3.8, 4) is 17.2 Å². The zero-order chi connectivity index (χ0) is 27.8. The second-order valence-electron chi connectivity index (χ2n) is 10.2. The van der Waals surface area contributed by atoms with E-state index in [4.69, 9.17) is 14.2 Å². The molecule has 2 heterocycles. The summed E-state index contributed by atoms with van der Waals surface area (Å²) < 4.78 is 16.6. The highest BCUT2D eigenvalue weighted by molar-refractivity contribution is 5.79. The fourth-order valence-electron chi connectivity index (χ4n) is 5.79. The van der Waals surface area contributed by atoms with Crippen LogP contribution in [0.1, 0.15) is 49.7 Å². The molecular weight excluding hydrogens is 500 g/mol. The summed E-state index contributed by atoms with van der Waals surface area (Å²) >= 11 is 0. The summed E-state index contributed by atoms with van der Waals surface area (Å²) in [6.07, 6.45) is 3.55. The van der Waals surface area contributed by atoms with E-state index in [9.17, 15) is 19.8 Å². The first-order chi connectivity index (χ1) is 19.0. The van der Waals surface area contributed by atoms with E-state index in [1.165, 1.54) is 0 Å². The van der Waals surface area contributed by atoms with Crippen LogP contribution in [0.4, 0.5) is 0 Å². The van der Waals surface area contributed by atoms with Crippen LogP contribution in [0, 0.1) is 5.92 Å². The number of hydrogen-bond acceptors (Lipinski definition) is 7. The summed E-state index contributed by atoms with van der Waals surface area (Å²) in [4.78, 5) is 30.1. The van der Waals surface area contributed by atoms with Crippen molar-refractivity contribution < 1.29 is 34.0 Å². The summed E-state index contributed by atoms with van der Waals surface area (Å²) in [5.74, 6) is 0.121. The van der Waals surface area contributed by atoms with Crippen molar-refractivity contribution in [2.24, 2.45) is 5.92 Å². The largest absolute Gasteiger partial charge is 0.496 e. The zero-order valence-electron chi connectivity index (χ0n) is 22.9. The van der Waals surface area contributed by atoms with Gasteiger partial charge < -0.3 is 29.3 Å². The Morgan fingerprint density at radius 1 is 1.10 bits per heavy atom. The molecule has 1 saturated heterocycles. The van der Waals surface area contributed by atoms with Gasteiger partial charge in [0.15, 0.2) is 11.5 Å².